The van der Waals surface area contributed by atoms with Crippen molar-refractivity contribution in [1.29, 1.82) is 0 Å². The number of methoxy groups -OCH3 is 4. The van der Waals surface area contributed by atoms with E-state index >= 15 is 0 Å². The van der Waals surface area contributed by atoms with Gasteiger partial charge in [-0.05, 0) is 29.8 Å². The Bertz CT molecular complexity index is 985. The lowest BCUT2D eigenvalue weighted by molar-refractivity contribution is 0.0923. The summed E-state index contributed by atoms with van der Waals surface area (Å²) in [6.07, 6.45) is 1.65. The number of nitrogens with zero attached hydrogens (tertiary/aromatic N) is 2. The summed E-state index contributed by atoms with van der Waals surface area (Å²) in [7, 11) is 6.27. The second-order valence-electron chi connectivity index (χ2n) is 5.98. The van der Waals surface area contributed by atoms with Gasteiger partial charge in [-0.1, -0.05) is 12.1 Å². The molecule has 0 aliphatic rings. The highest BCUT2D eigenvalue weighted by molar-refractivity contribution is 5.90. The van der Waals surface area contributed by atoms with E-state index in [1.54, 1.807) is 34.6 Å². The van der Waals surface area contributed by atoms with Gasteiger partial charge in [0.1, 0.15) is 5.75 Å². The molecule has 28 heavy (non-hydrogen) atoms. The number of rotatable bonds is 6. The summed E-state index contributed by atoms with van der Waals surface area (Å²) >= 11 is 0. The number of carbonyl (C=O) groups excluding carboxylic acids is 1. The SMILES string of the molecule is COc1cccc(-c2c(-c3cc(OC)c(OC)c(OC)c3)cnn2C(C)=O)c1. The maximum atomic E-state index is 12.2. The van der Waals surface area contributed by atoms with Crippen LogP contribution in [0.1, 0.15) is 11.7 Å². The number of aromatic nitrogens is 2. The van der Waals surface area contributed by atoms with Crippen molar-refractivity contribution < 1.29 is 23.7 Å². The summed E-state index contributed by atoms with van der Waals surface area (Å²) < 4.78 is 23.0. The average Bonchev–Trinajstić information content (AvgIpc) is 3.18. The van der Waals surface area contributed by atoms with Crippen LogP contribution in [0, 0.1) is 0 Å². The van der Waals surface area contributed by atoms with Crippen molar-refractivity contribution in [2.24, 2.45) is 0 Å². The van der Waals surface area contributed by atoms with Crippen molar-refractivity contribution >= 4 is 5.91 Å². The molecule has 0 aliphatic heterocycles. The lowest BCUT2D eigenvalue weighted by Crippen LogP contribution is -2.09. The monoisotopic (exact) mass is 382 g/mol. The van der Waals surface area contributed by atoms with Gasteiger partial charge in [0.25, 0.3) is 0 Å². The Balaban J connectivity index is 2.27. The molecule has 7 nitrogen and oxygen atoms in total. The van der Waals surface area contributed by atoms with Crippen molar-refractivity contribution in [3.63, 3.8) is 0 Å². The minimum absolute atomic E-state index is 0.198. The third-order valence-electron chi connectivity index (χ3n) is 4.39. The number of hydrogen-bond acceptors (Lipinski definition) is 6. The Morgan fingerprint density at radius 3 is 2.11 bits per heavy atom. The molecule has 3 aromatic rings. The molecular weight excluding hydrogens is 360 g/mol. The van der Waals surface area contributed by atoms with Crippen molar-refractivity contribution in [2.75, 3.05) is 28.4 Å². The molecule has 0 amide bonds. The summed E-state index contributed by atoms with van der Waals surface area (Å²) in [5.74, 6) is 2.02. The summed E-state index contributed by atoms with van der Waals surface area (Å²) in [6, 6.07) is 11.1. The van der Waals surface area contributed by atoms with Crippen LogP contribution in [0.3, 0.4) is 0 Å². The molecule has 0 saturated heterocycles. The van der Waals surface area contributed by atoms with Crippen molar-refractivity contribution in [3.05, 3.63) is 42.6 Å². The van der Waals surface area contributed by atoms with Crippen molar-refractivity contribution in [3.8, 4) is 45.4 Å². The molecule has 0 aliphatic carbocycles. The highest BCUT2D eigenvalue weighted by Crippen LogP contribution is 2.43. The smallest absolute Gasteiger partial charge is 0.244 e. The van der Waals surface area contributed by atoms with E-state index in [4.69, 9.17) is 18.9 Å². The van der Waals surface area contributed by atoms with E-state index in [0.29, 0.717) is 28.7 Å². The predicted molar refractivity (Wildman–Crippen MR) is 106 cm³/mol. The van der Waals surface area contributed by atoms with Crippen LogP contribution in [0.25, 0.3) is 22.4 Å². The van der Waals surface area contributed by atoms with Gasteiger partial charge in [0.2, 0.25) is 11.7 Å². The van der Waals surface area contributed by atoms with E-state index in [1.165, 1.54) is 11.6 Å². The van der Waals surface area contributed by atoms with Crippen LogP contribution in [-0.2, 0) is 0 Å². The Labute approximate surface area is 163 Å². The summed E-state index contributed by atoms with van der Waals surface area (Å²) in [4.78, 5) is 12.2. The van der Waals surface area contributed by atoms with Gasteiger partial charge in [0.05, 0.1) is 40.3 Å². The fraction of sp³-hybridized carbons (Fsp3) is 0.238. The van der Waals surface area contributed by atoms with Crippen LogP contribution in [0.4, 0.5) is 0 Å². The quantitative estimate of drug-likeness (QED) is 0.644. The molecule has 0 spiro atoms. The second kappa shape index (κ2) is 8.04. The molecule has 0 atom stereocenters. The molecule has 2 aromatic carbocycles. The average molecular weight is 382 g/mol. The van der Waals surface area contributed by atoms with Gasteiger partial charge >= 0.3 is 0 Å². The standard InChI is InChI=1S/C21H22N2O5/c1-13(24)23-20(14-7-6-8-16(9-14)25-2)17(12-22-23)15-10-18(26-3)21(28-5)19(11-15)27-4/h6-12H,1-5H3. The molecule has 7 heteroatoms. The minimum Gasteiger partial charge on any atom is -0.497 e. The van der Waals surface area contributed by atoms with Gasteiger partial charge in [-0.2, -0.15) is 9.78 Å². The van der Waals surface area contributed by atoms with E-state index in [2.05, 4.69) is 5.10 Å². The zero-order valence-corrected chi connectivity index (χ0v) is 16.5. The van der Waals surface area contributed by atoms with E-state index in [1.807, 2.05) is 36.4 Å². The number of carbonyl (C=O) groups is 1. The largest absolute Gasteiger partial charge is 0.497 e. The highest BCUT2D eigenvalue weighted by atomic mass is 16.5. The Morgan fingerprint density at radius 2 is 1.57 bits per heavy atom. The zero-order chi connectivity index (χ0) is 20.3. The van der Waals surface area contributed by atoms with Crippen LogP contribution in [0.5, 0.6) is 23.0 Å². The fourth-order valence-electron chi connectivity index (χ4n) is 3.08. The van der Waals surface area contributed by atoms with E-state index in [9.17, 15) is 4.79 Å². The molecule has 1 heterocycles. The molecule has 0 bridgehead atoms. The normalized spacial score (nSPS) is 10.5. The van der Waals surface area contributed by atoms with Gasteiger partial charge in [-0.25, -0.2) is 0 Å². The Hall–Kier alpha value is -3.48. The number of benzene rings is 2. The second-order valence-corrected chi connectivity index (χ2v) is 5.98. The fourth-order valence-corrected chi connectivity index (χ4v) is 3.08. The van der Waals surface area contributed by atoms with Gasteiger partial charge in [-0.15, -0.1) is 0 Å². The third-order valence-corrected chi connectivity index (χ3v) is 4.39. The topological polar surface area (TPSA) is 71.8 Å². The number of hydrogen-bond donors (Lipinski definition) is 0. The van der Waals surface area contributed by atoms with Gasteiger partial charge in [0.15, 0.2) is 11.5 Å². The first kappa shape index (κ1) is 19.3. The predicted octanol–water partition coefficient (Wildman–Crippen LogP) is 3.91. The molecule has 146 valence electrons. The summed E-state index contributed by atoms with van der Waals surface area (Å²) in [6.45, 7) is 1.47. The van der Waals surface area contributed by atoms with Crippen LogP contribution < -0.4 is 18.9 Å². The molecular formula is C21H22N2O5. The first-order valence-electron chi connectivity index (χ1n) is 8.57. The molecule has 0 fully saturated rings. The van der Waals surface area contributed by atoms with Gasteiger partial charge in [0, 0.05) is 18.1 Å². The van der Waals surface area contributed by atoms with E-state index in [0.717, 1.165) is 16.7 Å². The molecule has 0 unspecified atom stereocenters. The zero-order valence-electron chi connectivity index (χ0n) is 16.5. The minimum atomic E-state index is -0.198. The van der Waals surface area contributed by atoms with Gasteiger partial charge < -0.3 is 18.9 Å². The van der Waals surface area contributed by atoms with Crippen molar-refractivity contribution in [2.45, 2.75) is 6.92 Å². The molecule has 0 saturated carbocycles. The van der Waals surface area contributed by atoms with E-state index < -0.39 is 0 Å². The molecule has 3 rings (SSSR count). The molecule has 0 N–H and O–H groups in total. The van der Waals surface area contributed by atoms with Gasteiger partial charge in [-0.3, -0.25) is 4.79 Å². The molecule has 1 aromatic heterocycles. The van der Waals surface area contributed by atoms with Crippen LogP contribution >= 0.6 is 0 Å². The first-order valence-corrected chi connectivity index (χ1v) is 8.57. The Morgan fingerprint density at radius 1 is 0.893 bits per heavy atom. The first-order chi connectivity index (χ1) is 13.5. The highest BCUT2D eigenvalue weighted by Gasteiger charge is 2.21. The maximum Gasteiger partial charge on any atom is 0.244 e. The Kier molecular flexibility index (Phi) is 5.54. The van der Waals surface area contributed by atoms with Crippen LogP contribution in [0.2, 0.25) is 0 Å². The summed E-state index contributed by atoms with van der Waals surface area (Å²) in [5, 5.41) is 4.29. The number of ether oxygens (including phenoxy) is 4. The molecule has 0 radical (unpaired) electrons. The van der Waals surface area contributed by atoms with Crippen molar-refractivity contribution in [1.82, 2.24) is 9.78 Å². The maximum absolute atomic E-state index is 12.2. The van der Waals surface area contributed by atoms with Crippen LogP contribution in [-0.4, -0.2) is 44.1 Å². The third kappa shape index (κ3) is 3.38. The lowest BCUT2D eigenvalue weighted by Gasteiger charge is -2.15. The van der Waals surface area contributed by atoms with Crippen LogP contribution in [0.15, 0.2) is 42.6 Å². The summed E-state index contributed by atoms with van der Waals surface area (Å²) in [5.41, 5.74) is 2.99. The lowest BCUT2D eigenvalue weighted by atomic mass is 10.0. The van der Waals surface area contributed by atoms with E-state index in [-0.39, 0.29) is 5.91 Å².